The Morgan fingerprint density at radius 3 is 2.94 bits per heavy atom. The summed E-state index contributed by atoms with van der Waals surface area (Å²) in [7, 11) is -2.74. The van der Waals surface area contributed by atoms with E-state index in [1.807, 2.05) is 11.8 Å². The predicted octanol–water partition coefficient (Wildman–Crippen LogP) is 0.202. The maximum atomic E-state index is 11.3. The molecule has 0 aliphatic carbocycles. The van der Waals surface area contributed by atoms with Crippen molar-refractivity contribution >= 4 is 21.6 Å². The van der Waals surface area contributed by atoms with Crippen LogP contribution >= 0.6 is 11.8 Å². The molecule has 0 amide bonds. The molecule has 2 saturated heterocycles. The number of hydrogen-bond acceptors (Lipinski definition) is 5. The third-order valence-corrected chi connectivity index (χ3v) is 6.22. The summed E-state index contributed by atoms with van der Waals surface area (Å²) in [5, 5.41) is 3.38. The van der Waals surface area contributed by atoms with E-state index >= 15 is 0 Å². The molecule has 4 nitrogen and oxygen atoms in total. The first-order valence-electron chi connectivity index (χ1n) is 6.40. The molecular formula is C11H22N2O2S2. The lowest BCUT2D eigenvalue weighted by atomic mass is 10.2. The van der Waals surface area contributed by atoms with Crippen LogP contribution in [0.2, 0.25) is 0 Å². The van der Waals surface area contributed by atoms with Crippen LogP contribution in [0.5, 0.6) is 0 Å². The molecule has 0 bridgehead atoms. The fourth-order valence-corrected chi connectivity index (χ4v) is 5.04. The molecule has 1 N–H and O–H groups in total. The van der Waals surface area contributed by atoms with Gasteiger partial charge >= 0.3 is 0 Å². The first-order chi connectivity index (χ1) is 8.16. The van der Waals surface area contributed by atoms with Gasteiger partial charge in [0.2, 0.25) is 0 Å². The van der Waals surface area contributed by atoms with Gasteiger partial charge in [-0.05, 0) is 25.1 Å². The Morgan fingerprint density at radius 1 is 1.29 bits per heavy atom. The largest absolute Gasteiger partial charge is 0.312 e. The van der Waals surface area contributed by atoms with Crippen LogP contribution in [0.1, 0.15) is 12.8 Å². The maximum absolute atomic E-state index is 11.3. The van der Waals surface area contributed by atoms with Gasteiger partial charge in [0.1, 0.15) is 0 Å². The summed E-state index contributed by atoms with van der Waals surface area (Å²) in [6.45, 7) is 4.34. The van der Waals surface area contributed by atoms with Gasteiger partial charge in [0.25, 0.3) is 0 Å². The highest BCUT2D eigenvalue weighted by atomic mass is 32.2. The van der Waals surface area contributed by atoms with E-state index in [1.54, 1.807) is 0 Å². The van der Waals surface area contributed by atoms with Crippen molar-refractivity contribution in [2.45, 2.75) is 18.9 Å². The molecule has 6 heteroatoms. The Balaban J connectivity index is 1.62. The summed E-state index contributed by atoms with van der Waals surface area (Å²) in [5.74, 6) is 3.22. The third kappa shape index (κ3) is 4.77. The van der Waals surface area contributed by atoms with Crippen molar-refractivity contribution in [3.05, 3.63) is 0 Å². The number of nitrogens with zero attached hydrogens (tertiary/aromatic N) is 1. The molecule has 0 radical (unpaired) electrons. The molecule has 17 heavy (non-hydrogen) atoms. The van der Waals surface area contributed by atoms with Crippen LogP contribution in [0.4, 0.5) is 0 Å². The third-order valence-electron chi connectivity index (χ3n) is 3.41. The quantitative estimate of drug-likeness (QED) is 0.796. The predicted molar refractivity (Wildman–Crippen MR) is 73.4 cm³/mol. The van der Waals surface area contributed by atoms with Gasteiger partial charge in [-0.1, -0.05) is 0 Å². The minimum atomic E-state index is -2.74. The molecule has 1 unspecified atom stereocenters. The monoisotopic (exact) mass is 278 g/mol. The van der Waals surface area contributed by atoms with Gasteiger partial charge in [-0.2, -0.15) is 11.8 Å². The van der Waals surface area contributed by atoms with Crippen molar-refractivity contribution < 1.29 is 8.42 Å². The lowest BCUT2D eigenvalue weighted by molar-refractivity contribution is 0.290. The second-order valence-electron chi connectivity index (χ2n) is 4.86. The molecule has 2 heterocycles. The Labute approximate surface area is 108 Å². The Kier molecular flexibility index (Phi) is 5.14. The fraction of sp³-hybridized carbons (Fsp3) is 1.00. The number of sulfone groups is 1. The normalized spacial score (nSPS) is 30.2. The fourth-order valence-electron chi connectivity index (χ4n) is 2.40. The summed E-state index contributed by atoms with van der Waals surface area (Å²) < 4.78 is 22.6. The molecule has 0 spiro atoms. The van der Waals surface area contributed by atoms with Crippen molar-refractivity contribution in [1.82, 2.24) is 10.2 Å². The van der Waals surface area contributed by atoms with E-state index < -0.39 is 9.84 Å². The van der Waals surface area contributed by atoms with Gasteiger partial charge in [-0.3, -0.25) is 0 Å². The highest BCUT2D eigenvalue weighted by molar-refractivity contribution is 7.99. The van der Waals surface area contributed by atoms with E-state index in [4.69, 9.17) is 0 Å². The zero-order chi connectivity index (χ0) is 12.1. The molecule has 2 fully saturated rings. The first kappa shape index (κ1) is 13.6. The van der Waals surface area contributed by atoms with Gasteiger partial charge in [0, 0.05) is 31.4 Å². The van der Waals surface area contributed by atoms with E-state index in [-0.39, 0.29) is 6.04 Å². The van der Waals surface area contributed by atoms with Gasteiger partial charge in [0.05, 0.1) is 11.5 Å². The van der Waals surface area contributed by atoms with Gasteiger partial charge < -0.3 is 10.2 Å². The summed E-state index contributed by atoms with van der Waals surface area (Å²) in [6.07, 6.45) is 2.07. The Hall–Kier alpha value is 0.220. The van der Waals surface area contributed by atoms with E-state index in [1.165, 1.54) is 31.0 Å². The molecule has 0 aromatic rings. The van der Waals surface area contributed by atoms with Crippen molar-refractivity contribution in [2.75, 3.05) is 49.2 Å². The second-order valence-corrected chi connectivity index (χ2v) is 8.32. The molecule has 0 saturated carbocycles. The molecule has 2 aliphatic heterocycles. The summed E-state index contributed by atoms with van der Waals surface area (Å²) in [4.78, 5) is 2.48. The molecule has 100 valence electrons. The lowest BCUT2D eigenvalue weighted by Gasteiger charge is -2.20. The number of nitrogens with one attached hydrogen (secondary N) is 1. The highest BCUT2D eigenvalue weighted by Crippen LogP contribution is 2.11. The van der Waals surface area contributed by atoms with E-state index in [2.05, 4.69) is 10.2 Å². The van der Waals surface area contributed by atoms with Crippen molar-refractivity contribution in [3.8, 4) is 0 Å². The maximum Gasteiger partial charge on any atom is 0.151 e. The number of rotatable bonds is 4. The Morgan fingerprint density at radius 2 is 2.18 bits per heavy atom. The standard InChI is InChI=1S/C11H22N2O2S2/c14-17(15)9-2-11(10-17)12-3-5-13-4-1-7-16-8-6-13/h11-12H,1-10H2. The van der Waals surface area contributed by atoms with Crippen LogP contribution in [0.25, 0.3) is 0 Å². The number of hydrogen-bond donors (Lipinski definition) is 1. The van der Waals surface area contributed by atoms with Gasteiger partial charge in [0.15, 0.2) is 9.84 Å². The minimum absolute atomic E-state index is 0.196. The van der Waals surface area contributed by atoms with Crippen LogP contribution in [0.3, 0.4) is 0 Å². The zero-order valence-electron chi connectivity index (χ0n) is 10.2. The summed E-state index contributed by atoms with van der Waals surface area (Å²) in [5.41, 5.74) is 0. The average molecular weight is 278 g/mol. The van der Waals surface area contributed by atoms with E-state index in [0.717, 1.165) is 19.5 Å². The zero-order valence-corrected chi connectivity index (χ0v) is 11.9. The lowest BCUT2D eigenvalue weighted by Crippen LogP contribution is -2.38. The molecular weight excluding hydrogens is 256 g/mol. The summed E-state index contributed by atoms with van der Waals surface area (Å²) in [6, 6.07) is 0.196. The minimum Gasteiger partial charge on any atom is -0.312 e. The van der Waals surface area contributed by atoms with E-state index in [9.17, 15) is 8.42 Å². The summed E-state index contributed by atoms with van der Waals surface area (Å²) >= 11 is 2.04. The van der Waals surface area contributed by atoms with Crippen LogP contribution in [0.15, 0.2) is 0 Å². The van der Waals surface area contributed by atoms with Crippen LogP contribution in [-0.4, -0.2) is 68.5 Å². The van der Waals surface area contributed by atoms with Crippen LogP contribution in [-0.2, 0) is 9.84 Å². The van der Waals surface area contributed by atoms with Crippen molar-refractivity contribution in [2.24, 2.45) is 0 Å². The second kappa shape index (κ2) is 6.41. The molecule has 2 aliphatic rings. The highest BCUT2D eigenvalue weighted by Gasteiger charge is 2.27. The van der Waals surface area contributed by atoms with E-state index in [0.29, 0.717) is 11.5 Å². The molecule has 0 aromatic heterocycles. The molecule has 0 aromatic carbocycles. The molecule has 1 atom stereocenters. The van der Waals surface area contributed by atoms with Crippen molar-refractivity contribution in [1.29, 1.82) is 0 Å². The SMILES string of the molecule is O=S1(=O)CCC(NCCN2CCCSCC2)C1. The van der Waals surface area contributed by atoms with Gasteiger partial charge in [-0.15, -0.1) is 0 Å². The average Bonchev–Trinajstić information content (AvgIpc) is 2.52. The topological polar surface area (TPSA) is 49.4 Å². The Bertz CT molecular complexity index is 324. The first-order valence-corrected chi connectivity index (χ1v) is 9.37. The van der Waals surface area contributed by atoms with Crippen LogP contribution in [0, 0.1) is 0 Å². The van der Waals surface area contributed by atoms with Crippen molar-refractivity contribution in [3.63, 3.8) is 0 Å². The number of thioether (sulfide) groups is 1. The smallest absolute Gasteiger partial charge is 0.151 e. The molecule has 2 rings (SSSR count). The van der Waals surface area contributed by atoms with Gasteiger partial charge in [-0.25, -0.2) is 8.42 Å². The van der Waals surface area contributed by atoms with Crippen LogP contribution < -0.4 is 5.32 Å².